The number of rotatable bonds is 1. The van der Waals surface area contributed by atoms with Gasteiger partial charge in [0, 0.05) is 28.9 Å². The van der Waals surface area contributed by atoms with Crippen molar-refractivity contribution in [2.75, 3.05) is 0 Å². The minimum absolute atomic E-state index is 0.293. The Balaban J connectivity index is 2.51. The topological polar surface area (TPSA) is 32.3 Å². The van der Waals surface area contributed by atoms with Gasteiger partial charge in [-0.15, -0.1) is 0 Å². The molecule has 3 heteroatoms. The maximum Gasteiger partial charge on any atom is 0.0779 e. The molecule has 0 aromatic heterocycles. The van der Waals surface area contributed by atoms with Crippen LogP contribution in [-0.2, 0) is 0 Å². The summed E-state index contributed by atoms with van der Waals surface area (Å²) < 4.78 is 3.11. The van der Waals surface area contributed by atoms with Crippen LogP contribution in [-0.4, -0.2) is 16.7 Å². The Morgan fingerprint density at radius 2 is 2.30 bits per heavy atom. The van der Waals surface area contributed by atoms with Crippen LogP contribution in [0.25, 0.3) is 0 Å². The van der Waals surface area contributed by atoms with Gasteiger partial charge in [-0.3, -0.25) is 3.53 Å². The van der Waals surface area contributed by atoms with Crippen LogP contribution in [0.2, 0.25) is 0 Å². The third-order valence-electron chi connectivity index (χ3n) is 2.31. The van der Waals surface area contributed by atoms with Gasteiger partial charge in [-0.25, -0.2) is 0 Å². The molecule has 60 valence electrons. The van der Waals surface area contributed by atoms with Crippen LogP contribution in [0.3, 0.4) is 0 Å². The van der Waals surface area contributed by atoms with Crippen molar-refractivity contribution >= 4 is 22.9 Å². The molecular weight excluding hydrogens is 241 g/mol. The molecule has 0 amide bonds. The zero-order valence-electron chi connectivity index (χ0n) is 6.23. The Hall–Kier alpha value is 0.650. The number of hydrogen-bond donors (Lipinski definition) is 2. The molecule has 1 saturated carbocycles. The molecule has 1 aliphatic rings. The molecule has 10 heavy (non-hydrogen) atoms. The van der Waals surface area contributed by atoms with Crippen LogP contribution in [0, 0.1) is 0 Å². The van der Waals surface area contributed by atoms with Crippen LogP contribution in [0.5, 0.6) is 0 Å². The third kappa shape index (κ3) is 1.83. The van der Waals surface area contributed by atoms with E-state index < -0.39 is 5.60 Å². The van der Waals surface area contributed by atoms with Gasteiger partial charge in [0.2, 0.25) is 0 Å². The highest BCUT2D eigenvalue weighted by Crippen LogP contribution is 2.28. The van der Waals surface area contributed by atoms with Crippen molar-refractivity contribution in [1.82, 2.24) is 3.53 Å². The molecule has 2 atom stereocenters. The summed E-state index contributed by atoms with van der Waals surface area (Å²) in [5.74, 6) is 0. The molecule has 0 spiro atoms. The smallest absolute Gasteiger partial charge is 0.0779 e. The molecule has 1 fully saturated rings. The lowest BCUT2D eigenvalue weighted by Crippen LogP contribution is -2.47. The van der Waals surface area contributed by atoms with E-state index >= 15 is 0 Å². The van der Waals surface area contributed by atoms with Gasteiger partial charge in [0.1, 0.15) is 0 Å². The zero-order chi connectivity index (χ0) is 7.61. The van der Waals surface area contributed by atoms with E-state index in [1.54, 1.807) is 0 Å². The molecular formula is C7H14INO. The van der Waals surface area contributed by atoms with Crippen molar-refractivity contribution in [3.05, 3.63) is 0 Å². The van der Waals surface area contributed by atoms with Crippen LogP contribution in [0.1, 0.15) is 32.6 Å². The van der Waals surface area contributed by atoms with Crippen LogP contribution >= 0.6 is 22.9 Å². The monoisotopic (exact) mass is 255 g/mol. The minimum atomic E-state index is -0.473. The van der Waals surface area contributed by atoms with E-state index in [4.69, 9.17) is 0 Å². The Bertz CT molecular complexity index is 116. The summed E-state index contributed by atoms with van der Waals surface area (Å²) in [5, 5.41) is 9.77. The van der Waals surface area contributed by atoms with E-state index in [0.717, 1.165) is 12.8 Å². The fraction of sp³-hybridized carbons (Fsp3) is 1.00. The third-order valence-corrected chi connectivity index (χ3v) is 3.06. The Kier molecular flexibility index (Phi) is 2.94. The number of nitrogens with one attached hydrogen (secondary N) is 1. The molecule has 0 aromatic carbocycles. The summed E-state index contributed by atoms with van der Waals surface area (Å²) in [6, 6.07) is 0.293. The lowest BCUT2D eigenvalue weighted by atomic mass is 9.82. The summed E-state index contributed by atoms with van der Waals surface area (Å²) in [6.07, 6.45) is 4.46. The quantitative estimate of drug-likeness (QED) is 0.551. The molecule has 0 bridgehead atoms. The van der Waals surface area contributed by atoms with Gasteiger partial charge in [-0.2, -0.15) is 0 Å². The highest BCUT2D eigenvalue weighted by atomic mass is 127. The highest BCUT2D eigenvalue weighted by molar-refractivity contribution is 14.1. The zero-order valence-corrected chi connectivity index (χ0v) is 8.39. The molecule has 0 aliphatic heterocycles. The first-order chi connectivity index (χ1) is 4.67. The molecule has 2 unspecified atom stereocenters. The van der Waals surface area contributed by atoms with Crippen molar-refractivity contribution in [2.45, 2.75) is 44.2 Å². The lowest BCUT2D eigenvalue weighted by molar-refractivity contribution is 0.000341. The molecule has 2 N–H and O–H groups in total. The summed E-state index contributed by atoms with van der Waals surface area (Å²) in [5.41, 5.74) is -0.473. The molecule has 0 radical (unpaired) electrons. The predicted octanol–water partition coefficient (Wildman–Crippen LogP) is 1.62. The number of halogens is 1. The summed E-state index contributed by atoms with van der Waals surface area (Å²) >= 11 is 2.12. The fourth-order valence-corrected chi connectivity index (χ4v) is 2.47. The van der Waals surface area contributed by atoms with E-state index in [9.17, 15) is 5.11 Å². The average molecular weight is 255 g/mol. The van der Waals surface area contributed by atoms with E-state index in [1.165, 1.54) is 12.8 Å². The van der Waals surface area contributed by atoms with Crippen molar-refractivity contribution < 1.29 is 5.11 Å². The average Bonchev–Trinajstić information content (AvgIpc) is 1.87. The van der Waals surface area contributed by atoms with Crippen molar-refractivity contribution in [3.63, 3.8) is 0 Å². The SMILES string of the molecule is CC1(O)CCCCC1NI. The van der Waals surface area contributed by atoms with Crippen molar-refractivity contribution in [3.8, 4) is 0 Å². The second-order valence-electron chi connectivity index (χ2n) is 3.26. The number of hydrogen-bond acceptors (Lipinski definition) is 2. The minimum Gasteiger partial charge on any atom is -0.389 e. The molecule has 0 saturated heterocycles. The first kappa shape index (κ1) is 8.74. The standard InChI is InChI=1S/C7H14INO/c1-7(10)5-3-2-4-6(7)9-8/h6,9-10H,2-5H2,1H3. The summed E-state index contributed by atoms with van der Waals surface area (Å²) in [7, 11) is 0. The van der Waals surface area contributed by atoms with Crippen LogP contribution < -0.4 is 3.53 Å². The summed E-state index contributed by atoms with van der Waals surface area (Å²) in [4.78, 5) is 0. The maximum absolute atomic E-state index is 9.77. The molecule has 1 rings (SSSR count). The van der Waals surface area contributed by atoms with Gasteiger partial charge in [0.15, 0.2) is 0 Å². The molecule has 2 nitrogen and oxygen atoms in total. The van der Waals surface area contributed by atoms with Crippen molar-refractivity contribution in [2.24, 2.45) is 0 Å². The highest BCUT2D eigenvalue weighted by Gasteiger charge is 2.33. The Morgan fingerprint density at radius 3 is 2.70 bits per heavy atom. The van der Waals surface area contributed by atoms with E-state index in [-0.39, 0.29) is 0 Å². The largest absolute Gasteiger partial charge is 0.389 e. The van der Waals surface area contributed by atoms with Gasteiger partial charge in [-0.1, -0.05) is 12.8 Å². The fourth-order valence-electron chi connectivity index (χ4n) is 1.49. The van der Waals surface area contributed by atoms with Gasteiger partial charge in [-0.05, 0) is 19.8 Å². The van der Waals surface area contributed by atoms with Crippen LogP contribution in [0.4, 0.5) is 0 Å². The van der Waals surface area contributed by atoms with Gasteiger partial charge < -0.3 is 5.11 Å². The summed E-state index contributed by atoms with van der Waals surface area (Å²) in [6.45, 7) is 1.92. The molecule has 0 aromatic rings. The first-order valence-corrected chi connectivity index (χ1v) is 4.83. The molecule has 1 aliphatic carbocycles. The number of aliphatic hydroxyl groups is 1. The lowest BCUT2D eigenvalue weighted by Gasteiger charge is -2.36. The normalized spacial score (nSPS) is 41.7. The van der Waals surface area contributed by atoms with E-state index in [0.29, 0.717) is 6.04 Å². The van der Waals surface area contributed by atoms with Crippen molar-refractivity contribution in [1.29, 1.82) is 0 Å². The predicted molar refractivity (Wildman–Crippen MR) is 50.0 cm³/mol. The van der Waals surface area contributed by atoms with Gasteiger partial charge >= 0.3 is 0 Å². The Labute approximate surface area is 75.9 Å². The first-order valence-electron chi connectivity index (χ1n) is 3.75. The van der Waals surface area contributed by atoms with Gasteiger partial charge in [0.25, 0.3) is 0 Å². The maximum atomic E-state index is 9.77. The second kappa shape index (κ2) is 3.36. The van der Waals surface area contributed by atoms with E-state index in [2.05, 4.69) is 26.4 Å². The van der Waals surface area contributed by atoms with Crippen LogP contribution in [0.15, 0.2) is 0 Å². The van der Waals surface area contributed by atoms with Gasteiger partial charge in [0.05, 0.1) is 5.60 Å². The Morgan fingerprint density at radius 1 is 1.60 bits per heavy atom. The second-order valence-corrected chi connectivity index (χ2v) is 3.89. The van der Waals surface area contributed by atoms with E-state index in [1.807, 2.05) is 6.92 Å². The molecule has 0 heterocycles.